The van der Waals surface area contributed by atoms with E-state index in [4.69, 9.17) is 0 Å². The van der Waals surface area contributed by atoms with E-state index in [2.05, 4.69) is 46.5 Å². The number of carbonyl (C=O) groups excluding carboxylic acids is 1. The van der Waals surface area contributed by atoms with E-state index in [0.717, 1.165) is 30.3 Å². The molecule has 0 saturated carbocycles. The van der Waals surface area contributed by atoms with Crippen molar-refractivity contribution in [1.29, 1.82) is 0 Å². The largest absolute Gasteiger partial charge is 0.502 e. The molecule has 0 radical (unpaired) electrons. The Morgan fingerprint density at radius 1 is 1.09 bits per heavy atom. The van der Waals surface area contributed by atoms with Crippen LogP contribution in [0, 0.1) is 0 Å². The first kappa shape index (κ1) is 20.9. The number of aliphatic imine (C=N–C) groups is 1. The Bertz CT molecular complexity index is 1330. The fourth-order valence-electron chi connectivity index (χ4n) is 4.72. The van der Waals surface area contributed by atoms with Crippen molar-refractivity contribution < 1.29 is 9.90 Å². The number of benzene rings is 2. The molecule has 2 aliphatic heterocycles. The smallest absolute Gasteiger partial charge is 0.275 e. The number of aromatic hydroxyl groups is 1. The zero-order chi connectivity index (χ0) is 22.9. The zero-order valence-electron chi connectivity index (χ0n) is 18.3. The Kier molecular flexibility index (Phi) is 5.38. The van der Waals surface area contributed by atoms with Gasteiger partial charge in [-0.1, -0.05) is 60.7 Å². The van der Waals surface area contributed by atoms with E-state index < -0.39 is 17.1 Å². The summed E-state index contributed by atoms with van der Waals surface area (Å²) in [6.45, 7) is 1.12. The van der Waals surface area contributed by atoms with Gasteiger partial charge in [-0.05, 0) is 28.7 Å². The SMILES string of the molecule is CN1CC(C(c2ccccc2)c2cccc(CC3=CCN=C3)c2)n2ncc(=O)c(O)c2C1=O. The van der Waals surface area contributed by atoms with Crippen molar-refractivity contribution in [2.45, 2.75) is 18.4 Å². The first-order valence-corrected chi connectivity index (χ1v) is 10.9. The van der Waals surface area contributed by atoms with Crippen LogP contribution >= 0.6 is 0 Å². The molecule has 3 heterocycles. The molecule has 7 heteroatoms. The van der Waals surface area contributed by atoms with Crippen molar-refractivity contribution in [3.8, 4) is 5.75 Å². The molecule has 2 aliphatic rings. The third kappa shape index (κ3) is 3.86. The number of allylic oxidation sites excluding steroid dienone is 1. The second kappa shape index (κ2) is 8.50. The van der Waals surface area contributed by atoms with E-state index >= 15 is 0 Å². The summed E-state index contributed by atoms with van der Waals surface area (Å²) in [5, 5.41) is 14.7. The van der Waals surface area contributed by atoms with Gasteiger partial charge in [0.1, 0.15) is 0 Å². The molecule has 1 amide bonds. The molecule has 2 unspecified atom stereocenters. The maximum atomic E-state index is 12.8. The van der Waals surface area contributed by atoms with Crippen molar-refractivity contribution in [2.75, 3.05) is 20.1 Å². The maximum Gasteiger partial charge on any atom is 0.275 e. The fraction of sp³-hybridized carbons (Fsp3) is 0.231. The monoisotopic (exact) mass is 440 g/mol. The number of aromatic nitrogens is 2. The van der Waals surface area contributed by atoms with Crippen molar-refractivity contribution in [1.82, 2.24) is 14.7 Å². The Hall–Kier alpha value is -4.00. The van der Waals surface area contributed by atoms with Gasteiger partial charge in [-0.15, -0.1) is 0 Å². The minimum atomic E-state index is -0.659. The highest BCUT2D eigenvalue weighted by atomic mass is 16.3. The molecule has 3 aromatic rings. The molecule has 1 aromatic heterocycles. The predicted octanol–water partition coefficient (Wildman–Crippen LogP) is 2.96. The van der Waals surface area contributed by atoms with Crippen LogP contribution < -0.4 is 5.43 Å². The van der Waals surface area contributed by atoms with E-state index in [1.165, 1.54) is 15.8 Å². The van der Waals surface area contributed by atoms with E-state index in [1.54, 1.807) is 11.9 Å². The summed E-state index contributed by atoms with van der Waals surface area (Å²) in [5.41, 5.74) is 3.78. The van der Waals surface area contributed by atoms with Crippen LogP contribution in [0.1, 0.15) is 39.1 Å². The lowest BCUT2D eigenvalue weighted by atomic mass is 9.83. The van der Waals surface area contributed by atoms with Gasteiger partial charge < -0.3 is 10.0 Å². The third-order valence-corrected chi connectivity index (χ3v) is 6.29. The average molecular weight is 441 g/mol. The van der Waals surface area contributed by atoms with Crippen LogP contribution in [-0.2, 0) is 6.42 Å². The summed E-state index contributed by atoms with van der Waals surface area (Å²) in [6, 6.07) is 18.2. The summed E-state index contributed by atoms with van der Waals surface area (Å²) < 4.78 is 1.52. The summed E-state index contributed by atoms with van der Waals surface area (Å²) in [5.74, 6) is -1.12. The summed E-state index contributed by atoms with van der Waals surface area (Å²) in [4.78, 5) is 30.7. The van der Waals surface area contributed by atoms with Crippen LogP contribution in [0.2, 0.25) is 0 Å². The van der Waals surface area contributed by atoms with Crippen molar-refractivity contribution >= 4 is 12.1 Å². The highest BCUT2D eigenvalue weighted by molar-refractivity contribution is 5.95. The molecule has 0 spiro atoms. The van der Waals surface area contributed by atoms with Gasteiger partial charge in [-0.25, -0.2) is 0 Å². The normalized spacial score (nSPS) is 18.2. The second-order valence-electron chi connectivity index (χ2n) is 8.49. The number of nitrogens with zero attached hydrogens (tertiary/aromatic N) is 4. The molecule has 2 atom stereocenters. The molecule has 0 fully saturated rings. The molecule has 7 nitrogen and oxygen atoms in total. The van der Waals surface area contributed by atoms with E-state index in [0.29, 0.717) is 6.54 Å². The quantitative estimate of drug-likeness (QED) is 0.661. The number of hydrogen-bond donors (Lipinski definition) is 1. The minimum Gasteiger partial charge on any atom is -0.502 e. The van der Waals surface area contributed by atoms with Crippen molar-refractivity contribution in [2.24, 2.45) is 4.99 Å². The standard InChI is InChI=1S/C26H24N4O3/c1-29-16-21(30-24(26(29)33)25(32)22(31)15-28-30)23(19-7-3-2-4-8-19)20-9-5-6-17(13-20)12-18-10-11-27-14-18/h2-10,13-15,21,23,32H,11-12,16H2,1H3. The Labute approximate surface area is 191 Å². The van der Waals surface area contributed by atoms with Gasteiger partial charge in [0.05, 0.1) is 18.8 Å². The second-order valence-corrected chi connectivity index (χ2v) is 8.49. The highest BCUT2D eigenvalue weighted by Gasteiger charge is 2.38. The lowest BCUT2D eigenvalue weighted by Gasteiger charge is -2.37. The van der Waals surface area contributed by atoms with Crippen molar-refractivity contribution in [3.05, 3.63) is 105 Å². The van der Waals surface area contributed by atoms with Gasteiger partial charge >= 0.3 is 0 Å². The van der Waals surface area contributed by atoms with Crippen LogP contribution in [-0.4, -0.2) is 52.0 Å². The number of hydrogen-bond acceptors (Lipinski definition) is 5. The molecule has 0 saturated heterocycles. The summed E-state index contributed by atoms with van der Waals surface area (Å²) in [6.07, 6.45) is 5.92. The third-order valence-electron chi connectivity index (χ3n) is 6.29. The van der Waals surface area contributed by atoms with Crippen LogP contribution in [0.5, 0.6) is 5.75 Å². The molecule has 0 aliphatic carbocycles. The van der Waals surface area contributed by atoms with Crippen LogP contribution in [0.15, 0.2) is 82.2 Å². The highest BCUT2D eigenvalue weighted by Crippen LogP contribution is 2.39. The molecule has 0 bridgehead atoms. The molecule has 1 N–H and O–H groups in total. The Morgan fingerprint density at radius 3 is 2.64 bits per heavy atom. The van der Waals surface area contributed by atoms with Crippen molar-refractivity contribution in [3.63, 3.8) is 0 Å². The molecular weight excluding hydrogens is 416 g/mol. The lowest BCUT2D eigenvalue weighted by Crippen LogP contribution is -2.45. The van der Waals surface area contributed by atoms with Gasteiger partial charge in [0.2, 0.25) is 5.43 Å². The first-order valence-electron chi connectivity index (χ1n) is 10.9. The Balaban J connectivity index is 1.64. The first-order chi connectivity index (χ1) is 16.0. The van der Waals surface area contributed by atoms with E-state index in [1.807, 2.05) is 30.5 Å². The van der Waals surface area contributed by atoms with E-state index in [-0.39, 0.29) is 17.7 Å². The van der Waals surface area contributed by atoms with Crippen LogP contribution in [0.25, 0.3) is 0 Å². The van der Waals surface area contributed by atoms with Gasteiger partial charge in [-0.3, -0.25) is 19.3 Å². The van der Waals surface area contributed by atoms with Gasteiger partial charge in [0.15, 0.2) is 11.4 Å². The topological polar surface area (TPSA) is 87.8 Å². The number of amides is 1. The molecule has 2 aromatic carbocycles. The number of carbonyl (C=O) groups is 1. The van der Waals surface area contributed by atoms with Crippen LogP contribution in [0.4, 0.5) is 0 Å². The van der Waals surface area contributed by atoms with E-state index in [9.17, 15) is 14.7 Å². The van der Waals surface area contributed by atoms with Gasteiger partial charge in [-0.2, -0.15) is 5.10 Å². The summed E-state index contributed by atoms with van der Waals surface area (Å²) in [7, 11) is 1.68. The predicted molar refractivity (Wildman–Crippen MR) is 126 cm³/mol. The number of likely N-dealkylation sites (N-methyl/N-ethyl adjacent to an activating group) is 1. The minimum absolute atomic E-state index is 0.0642. The number of rotatable bonds is 5. The molecule has 166 valence electrons. The maximum absolute atomic E-state index is 12.8. The van der Waals surface area contributed by atoms with Gasteiger partial charge in [0.25, 0.3) is 5.91 Å². The fourth-order valence-corrected chi connectivity index (χ4v) is 4.72. The summed E-state index contributed by atoms with van der Waals surface area (Å²) >= 11 is 0. The lowest BCUT2D eigenvalue weighted by molar-refractivity contribution is 0.0686. The molecule has 5 rings (SSSR count). The molecular formula is C26H24N4O3. The molecule has 33 heavy (non-hydrogen) atoms. The average Bonchev–Trinajstić information content (AvgIpc) is 3.33. The zero-order valence-corrected chi connectivity index (χ0v) is 18.3. The Morgan fingerprint density at radius 2 is 1.88 bits per heavy atom. The number of fused-ring (bicyclic) bond motifs is 1. The van der Waals surface area contributed by atoms with Gasteiger partial charge in [0, 0.05) is 25.7 Å². The van der Waals surface area contributed by atoms with Crippen LogP contribution in [0.3, 0.4) is 0 Å².